The Labute approximate surface area is 182 Å². The fraction of sp³-hybridized carbons (Fsp3) is 0.571. The van der Waals surface area contributed by atoms with Gasteiger partial charge in [-0.25, -0.2) is 20.0 Å². The summed E-state index contributed by atoms with van der Waals surface area (Å²) < 4.78 is 23.2. The number of rotatable bonds is 4. The van der Waals surface area contributed by atoms with Gasteiger partial charge in [0, 0.05) is 14.2 Å². The molecule has 2 amide bonds. The molecule has 1 aromatic heterocycles. The Hall–Kier alpha value is -2.85. The van der Waals surface area contributed by atoms with Crippen LogP contribution in [0.25, 0.3) is 11.0 Å². The van der Waals surface area contributed by atoms with Crippen LogP contribution in [0.1, 0.15) is 53.8 Å². The fourth-order valence-electron chi connectivity index (χ4n) is 2.84. The molecule has 31 heavy (non-hydrogen) atoms. The number of anilines is 1. The number of carbonyl (C=O) groups is 2. The van der Waals surface area contributed by atoms with Crippen molar-refractivity contribution in [1.29, 1.82) is 0 Å². The number of hydrogen-bond acceptors (Lipinski definition) is 7. The van der Waals surface area contributed by atoms with Gasteiger partial charge in [-0.05, 0) is 66.7 Å². The highest BCUT2D eigenvalue weighted by molar-refractivity contribution is 5.93. The molecule has 10 heteroatoms. The molecule has 0 aliphatic heterocycles. The summed E-state index contributed by atoms with van der Waals surface area (Å²) in [6.07, 6.45) is -2.21. The Morgan fingerprint density at radius 3 is 2.13 bits per heavy atom. The normalized spacial score (nSPS) is 12.2. The maximum Gasteiger partial charge on any atom is 0.434 e. The minimum atomic E-state index is -0.793. The third-order valence-electron chi connectivity index (χ3n) is 3.90. The molecule has 0 atom stereocenters. The summed E-state index contributed by atoms with van der Waals surface area (Å²) in [6, 6.07) is 5.07. The van der Waals surface area contributed by atoms with Crippen LogP contribution >= 0.6 is 0 Å². The number of fused-ring (bicyclic) bond motifs is 1. The third kappa shape index (κ3) is 6.31. The molecule has 2 aromatic rings. The number of aryl methyl sites for hydroxylation is 1. The molecule has 1 aromatic carbocycles. The first-order chi connectivity index (χ1) is 14.3. The molecule has 0 aliphatic carbocycles. The minimum absolute atomic E-state index is 0.351. The summed E-state index contributed by atoms with van der Waals surface area (Å²) in [5.74, 6) is 0.657. The smallest absolute Gasteiger partial charge is 0.434 e. The molecule has 10 nitrogen and oxygen atoms in total. The van der Waals surface area contributed by atoms with Crippen LogP contribution in [0.5, 0.6) is 0 Å². The van der Waals surface area contributed by atoms with Gasteiger partial charge in [-0.3, -0.25) is 4.57 Å². The molecular formula is C21H32N4O6. The molecule has 0 saturated carbocycles. The van der Waals surface area contributed by atoms with E-state index in [1.807, 2.05) is 6.92 Å². The van der Waals surface area contributed by atoms with E-state index in [4.69, 9.17) is 18.9 Å². The van der Waals surface area contributed by atoms with Gasteiger partial charge < -0.3 is 18.9 Å². The number of benzene rings is 1. The first-order valence-corrected chi connectivity index (χ1v) is 9.82. The zero-order chi connectivity index (χ0) is 23.6. The van der Waals surface area contributed by atoms with Crippen LogP contribution in [-0.4, -0.2) is 47.2 Å². The third-order valence-corrected chi connectivity index (χ3v) is 3.90. The predicted molar refractivity (Wildman–Crippen MR) is 116 cm³/mol. The van der Waals surface area contributed by atoms with Crippen molar-refractivity contribution in [3.05, 3.63) is 24.0 Å². The maximum atomic E-state index is 12.8. The Morgan fingerprint density at radius 1 is 1.03 bits per heavy atom. The highest BCUT2D eigenvalue weighted by Gasteiger charge is 2.28. The highest BCUT2D eigenvalue weighted by atomic mass is 16.7. The summed E-state index contributed by atoms with van der Waals surface area (Å²) in [4.78, 5) is 29.7. The van der Waals surface area contributed by atoms with Crippen LogP contribution in [0.3, 0.4) is 0 Å². The first kappa shape index (κ1) is 24.4. The largest absolute Gasteiger partial charge is 0.443 e. The number of imidazole rings is 1. The van der Waals surface area contributed by atoms with Crippen molar-refractivity contribution in [3.63, 3.8) is 0 Å². The van der Waals surface area contributed by atoms with Crippen molar-refractivity contribution in [2.75, 3.05) is 19.2 Å². The molecule has 0 saturated heterocycles. The number of hydrazine groups is 1. The molecule has 0 fully saturated rings. The molecular weight excluding hydrogens is 404 g/mol. The Bertz CT molecular complexity index is 938. The van der Waals surface area contributed by atoms with E-state index in [1.54, 1.807) is 64.3 Å². The SMILES string of the molecule is COC(OC)n1c(C)nc2cc(N(NC(=O)OC(C)(C)C)C(=O)OC(C)(C)C)ccc21. The van der Waals surface area contributed by atoms with Gasteiger partial charge in [0.25, 0.3) is 0 Å². The van der Waals surface area contributed by atoms with E-state index in [9.17, 15) is 9.59 Å². The zero-order valence-electron chi connectivity index (χ0n) is 19.6. The van der Waals surface area contributed by atoms with Gasteiger partial charge in [-0.2, -0.15) is 5.01 Å². The summed E-state index contributed by atoms with van der Waals surface area (Å²) in [7, 11) is 3.06. The molecule has 0 aliphatic rings. The van der Waals surface area contributed by atoms with Crippen molar-refractivity contribution in [2.45, 2.75) is 66.1 Å². The molecule has 0 bridgehead atoms. The lowest BCUT2D eigenvalue weighted by atomic mass is 10.2. The zero-order valence-corrected chi connectivity index (χ0v) is 19.6. The van der Waals surface area contributed by atoms with Gasteiger partial charge in [0.05, 0.1) is 16.7 Å². The highest BCUT2D eigenvalue weighted by Crippen LogP contribution is 2.27. The number of methoxy groups -OCH3 is 2. The van der Waals surface area contributed by atoms with E-state index in [0.717, 1.165) is 10.5 Å². The Balaban J connectivity index is 2.47. The summed E-state index contributed by atoms with van der Waals surface area (Å²) in [5, 5.41) is 0.997. The Kier molecular flexibility index (Phi) is 7.17. The number of aromatic nitrogens is 2. The number of nitrogens with one attached hydrogen (secondary N) is 1. The summed E-state index contributed by atoms with van der Waals surface area (Å²) in [6.45, 7) is 12.2. The van der Waals surface area contributed by atoms with Gasteiger partial charge in [-0.1, -0.05) is 0 Å². The summed E-state index contributed by atoms with van der Waals surface area (Å²) in [5.41, 5.74) is 2.61. The van der Waals surface area contributed by atoms with Crippen molar-refractivity contribution < 1.29 is 28.5 Å². The average Bonchev–Trinajstić information content (AvgIpc) is 2.93. The fourth-order valence-corrected chi connectivity index (χ4v) is 2.84. The van der Waals surface area contributed by atoms with Crippen molar-refractivity contribution in [1.82, 2.24) is 15.0 Å². The van der Waals surface area contributed by atoms with Gasteiger partial charge in [0.2, 0.25) is 6.41 Å². The van der Waals surface area contributed by atoms with Crippen LogP contribution in [-0.2, 0) is 18.9 Å². The van der Waals surface area contributed by atoms with Gasteiger partial charge in [-0.15, -0.1) is 0 Å². The van der Waals surface area contributed by atoms with Gasteiger partial charge in [0.15, 0.2) is 0 Å². The molecule has 0 unspecified atom stereocenters. The number of nitrogens with zero attached hydrogens (tertiary/aromatic N) is 3. The van der Waals surface area contributed by atoms with E-state index >= 15 is 0 Å². The van der Waals surface area contributed by atoms with Crippen LogP contribution in [0.4, 0.5) is 15.3 Å². The second-order valence-electron chi connectivity index (χ2n) is 8.91. The number of amides is 2. The lowest BCUT2D eigenvalue weighted by Gasteiger charge is -2.28. The lowest BCUT2D eigenvalue weighted by molar-refractivity contribution is -0.154. The van der Waals surface area contributed by atoms with E-state index < -0.39 is 29.8 Å². The van der Waals surface area contributed by atoms with E-state index in [2.05, 4.69) is 10.4 Å². The quantitative estimate of drug-likeness (QED) is 0.563. The minimum Gasteiger partial charge on any atom is -0.443 e. The molecule has 0 spiro atoms. The molecule has 1 heterocycles. The van der Waals surface area contributed by atoms with Crippen molar-refractivity contribution >= 4 is 28.9 Å². The van der Waals surface area contributed by atoms with Gasteiger partial charge >= 0.3 is 12.2 Å². The van der Waals surface area contributed by atoms with Crippen LogP contribution in [0, 0.1) is 6.92 Å². The molecule has 172 valence electrons. The van der Waals surface area contributed by atoms with E-state index in [-0.39, 0.29) is 0 Å². The van der Waals surface area contributed by atoms with Crippen molar-refractivity contribution in [3.8, 4) is 0 Å². The van der Waals surface area contributed by atoms with Crippen LogP contribution < -0.4 is 10.4 Å². The van der Waals surface area contributed by atoms with E-state index in [0.29, 0.717) is 17.0 Å². The van der Waals surface area contributed by atoms with Crippen LogP contribution in [0.2, 0.25) is 0 Å². The Morgan fingerprint density at radius 2 is 1.61 bits per heavy atom. The molecule has 0 radical (unpaired) electrons. The number of carbonyl (C=O) groups excluding carboxylic acids is 2. The number of hydrogen-bond donors (Lipinski definition) is 1. The lowest BCUT2D eigenvalue weighted by Crippen LogP contribution is -2.50. The monoisotopic (exact) mass is 436 g/mol. The maximum absolute atomic E-state index is 12.8. The van der Waals surface area contributed by atoms with Gasteiger partial charge in [0.1, 0.15) is 17.0 Å². The summed E-state index contributed by atoms with van der Waals surface area (Å²) >= 11 is 0. The second kappa shape index (κ2) is 9.11. The average molecular weight is 437 g/mol. The second-order valence-corrected chi connectivity index (χ2v) is 8.91. The predicted octanol–water partition coefficient (Wildman–Crippen LogP) is 4.27. The first-order valence-electron chi connectivity index (χ1n) is 9.82. The standard InChI is InChI=1S/C21H32N4O6/c1-13-22-15-12-14(10-11-16(15)24(13)19(28-8)29-9)25(18(27)31-21(5,6)7)23-17(26)30-20(2,3)4/h10-12,19H,1-9H3,(H,23,26). The van der Waals surface area contributed by atoms with E-state index in [1.165, 1.54) is 14.2 Å². The topological polar surface area (TPSA) is 104 Å². The van der Waals surface area contributed by atoms with Crippen molar-refractivity contribution in [2.24, 2.45) is 0 Å². The number of ether oxygens (including phenoxy) is 4. The van der Waals surface area contributed by atoms with Crippen LogP contribution in [0.15, 0.2) is 18.2 Å². The molecule has 2 rings (SSSR count). The molecule has 1 N–H and O–H groups in total.